The average molecular weight is 296 g/mol. The Hall–Kier alpha value is -1.47. The van der Waals surface area contributed by atoms with Crippen LogP contribution in [0.5, 0.6) is 0 Å². The van der Waals surface area contributed by atoms with E-state index < -0.39 is 0 Å². The Morgan fingerprint density at radius 3 is 3.00 bits per heavy atom. The van der Waals surface area contributed by atoms with Crippen molar-refractivity contribution in [3.63, 3.8) is 0 Å². The van der Waals surface area contributed by atoms with Crippen molar-refractivity contribution < 1.29 is 4.79 Å². The summed E-state index contributed by atoms with van der Waals surface area (Å²) in [5.74, 6) is -0.0984. The number of thiazole rings is 1. The van der Waals surface area contributed by atoms with E-state index in [2.05, 4.69) is 26.9 Å². The van der Waals surface area contributed by atoms with Gasteiger partial charge < -0.3 is 10.6 Å². The van der Waals surface area contributed by atoms with Gasteiger partial charge in [0.1, 0.15) is 5.69 Å². The van der Waals surface area contributed by atoms with Crippen LogP contribution in [0.25, 0.3) is 0 Å². The minimum atomic E-state index is -0.0984. The van der Waals surface area contributed by atoms with Gasteiger partial charge in [0.2, 0.25) is 0 Å². The minimum absolute atomic E-state index is 0.0984. The summed E-state index contributed by atoms with van der Waals surface area (Å²) >= 11 is 2.85. The number of anilines is 2. The van der Waals surface area contributed by atoms with Crippen LogP contribution >= 0.6 is 22.9 Å². The maximum absolute atomic E-state index is 12.0. The number of hydrogen-bond donors (Lipinski definition) is 2. The molecule has 0 fully saturated rings. The van der Waals surface area contributed by atoms with E-state index in [1.807, 2.05) is 12.3 Å². The van der Waals surface area contributed by atoms with Crippen LogP contribution in [0.1, 0.15) is 35.1 Å². The van der Waals surface area contributed by atoms with Crippen LogP contribution < -0.4 is 10.6 Å². The van der Waals surface area contributed by atoms with Gasteiger partial charge in [0.15, 0.2) is 5.13 Å². The molecule has 2 rings (SSSR count). The fourth-order valence-electron chi connectivity index (χ4n) is 1.51. The standard InChI is InChI=1S/C12H16N4OS2/c1-3-4-5-13-11(17)10-8(2)19-12(16-10)15-9-6-14-18-7-9/h6-7H,3-5H2,1-2H3,(H,13,17)(H,15,16). The van der Waals surface area contributed by atoms with Gasteiger partial charge in [-0.05, 0) is 24.9 Å². The lowest BCUT2D eigenvalue weighted by atomic mass is 10.3. The number of rotatable bonds is 6. The van der Waals surface area contributed by atoms with Crippen LogP contribution in [-0.4, -0.2) is 21.8 Å². The third kappa shape index (κ3) is 3.74. The molecule has 0 aliphatic rings. The Morgan fingerprint density at radius 2 is 2.32 bits per heavy atom. The quantitative estimate of drug-likeness (QED) is 0.803. The molecule has 19 heavy (non-hydrogen) atoms. The summed E-state index contributed by atoms with van der Waals surface area (Å²) in [6.45, 7) is 4.70. The van der Waals surface area contributed by atoms with Crippen LogP contribution in [-0.2, 0) is 0 Å². The normalized spacial score (nSPS) is 10.4. The van der Waals surface area contributed by atoms with E-state index in [1.165, 1.54) is 22.9 Å². The highest BCUT2D eigenvalue weighted by Gasteiger charge is 2.15. The molecular formula is C12H16N4OS2. The first-order valence-electron chi connectivity index (χ1n) is 6.12. The molecule has 2 heterocycles. The topological polar surface area (TPSA) is 66.9 Å². The molecule has 5 nitrogen and oxygen atoms in total. The van der Waals surface area contributed by atoms with E-state index in [0.29, 0.717) is 12.2 Å². The second-order valence-corrected chi connectivity index (χ2v) is 5.93. The summed E-state index contributed by atoms with van der Waals surface area (Å²) in [4.78, 5) is 17.2. The molecule has 0 spiro atoms. The first kappa shape index (κ1) is 14.0. The molecular weight excluding hydrogens is 280 g/mol. The summed E-state index contributed by atoms with van der Waals surface area (Å²) in [7, 11) is 0. The van der Waals surface area contributed by atoms with Crippen molar-refractivity contribution in [1.29, 1.82) is 0 Å². The fraction of sp³-hybridized carbons (Fsp3) is 0.417. The summed E-state index contributed by atoms with van der Waals surface area (Å²) in [5, 5.41) is 8.64. The minimum Gasteiger partial charge on any atom is -0.351 e. The Labute approximate surface area is 120 Å². The van der Waals surface area contributed by atoms with Gasteiger partial charge in [-0.2, -0.15) is 4.37 Å². The Bertz CT molecular complexity index is 536. The highest BCUT2D eigenvalue weighted by molar-refractivity contribution is 7.15. The zero-order valence-corrected chi connectivity index (χ0v) is 12.5. The number of aromatic nitrogens is 2. The lowest BCUT2D eigenvalue weighted by molar-refractivity contribution is 0.0948. The molecule has 2 N–H and O–H groups in total. The summed E-state index contributed by atoms with van der Waals surface area (Å²) in [6, 6.07) is 0. The van der Waals surface area contributed by atoms with Crippen molar-refractivity contribution in [2.75, 3.05) is 11.9 Å². The van der Waals surface area contributed by atoms with Crippen molar-refractivity contribution in [1.82, 2.24) is 14.7 Å². The van der Waals surface area contributed by atoms with Crippen LogP contribution in [0, 0.1) is 6.92 Å². The van der Waals surface area contributed by atoms with E-state index in [0.717, 1.165) is 28.5 Å². The number of hydrogen-bond acceptors (Lipinski definition) is 6. The molecule has 0 bridgehead atoms. The molecule has 2 aromatic rings. The van der Waals surface area contributed by atoms with Crippen LogP contribution in [0.4, 0.5) is 10.8 Å². The van der Waals surface area contributed by atoms with Gasteiger partial charge in [0.05, 0.1) is 11.9 Å². The monoisotopic (exact) mass is 296 g/mol. The SMILES string of the molecule is CCCCNC(=O)c1nc(Nc2cnsc2)sc1C. The molecule has 0 aromatic carbocycles. The number of unbranched alkanes of at least 4 members (excludes halogenated alkanes) is 1. The largest absolute Gasteiger partial charge is 0.351 e. The van der Waals surface area contributed by atoms with E-state index in [9.17, 15) is 4.79 Å². The van der Waals surface area contributed by atoms with Gasteiger partial charge in [-0.1, -0.05) is 13.3 Å². The molecule has 1 amide bonds. The maximum atomic E-state index is 12.0. The van der Waals surface area contributed by atoms with E-state index in [1.54, 1.807) is 6.20 Å². The molecule has 2 aromatic heterocycles. The lowest BCUT2D eigenvalue weighted by Crippen LogP contribution is -2.25. The van der Waals surface area contributed by atoms with Crippen molar-refractivity contribution in [3.05, 3.63) is 22.1 Å². The van der Waals surface area contributed by atoms with Gasteiger partial charge in [-0.25, -0.2) is 4.98 Å². The number of carbonyl (C=O) groups is 1. The molecule has 0 aliphatic carbocycles. The third-order valence-corrected chi connectivity index (χ3v) is 3.98. The highest BCUT2D eigenvalue weighted by atomic mass is 32.1. The van der Waals surface area contributed by atoms with Gasteiger partial charge in [0.25, 0.3) is 5.91 Å². The van der Waals surface area contributed by atoms with Gasteiger partial charge in [-0.15, -0.1) is 11.3 Å². The van der Waals surface area contributed by atoms with Crippen molar-refractivity contribution in [2.45, 2.75) is 26.7 Å². The first-order chi connectivity index (χ1) is 9.20. The smallest absolute Gasteiger partial charge is 0.271 e. The third-order valence-electron chi connectivity index (χ3n) is 2.51. The number of nitrogens with one attached hydrogen (secondary N) is 2. The second-order valence-electron chi connectivity index (χ2n) is 4.07. The Morgan fingerprint density at radius 1 is 1.47 bits per heavy atom. The zero-order valence-electron chi connectivity index (χ0n) is 10.9. The molecule has 7 heteroatoms. The number of nitrogens with zero attached hydrogens (tertiary/aromatic N) is 2. The predicted molar refractivity (Wildman–Crippen MR) is 79.5 cm³/mol. The summed E-state index contributed by atoms with van der Waals surface area (Å²) in [6.07, 6.45) is 3.79. The molecule has 0 aliphatic heterocycles. The highest BCUT2D eigenvalue weighted by Crippen LogP contribution is 2.25. The van der Waals surface area contributed by atoms with Crippen LogP contribution in [0.3, 0.4) is 0 Å². The number of carbonyl (C=O) groups excluding carboxylic acids is 1. The Kier molecular flexibility index (Phi) is 4.86. The molecule has 0 saturated carbocycles. The molecule has 0 unspecified atom stereocenters. The van der Waals surface area contributed by atoms with Crippen LogP contribution in [0.2, 0.25) is 0 Å². The van der Waals surface area contributed by atoms with E-state index in [-0.39, 0.29) is 5.91 Å². The van der Waals surface area contributed by atoms with Crippen molar-refractivity contribution >= 4 is 39.6 Å². The predicted octanol–water partition coefficient (Wildman–Crippen LogP) is 3.18. The van der Waals surface area contributed by atoms with Gasteiger partial charge in [-0.3, -0.25) is 4.79 Å². The average Bonchev–Trinajstić information content (AvgIpc) is 3.00. The number of aryl methyl sites for hydroxylation is 1. The van der Waals surface area contributed by atoms with Crippen LogP contribution in [0.15, 0.2) is 11.6 Å². The van der Waals surface area contributed by atoms with Crippen molar-refractivity contribution in [3.8, 4) is 0 Å². The maximum Gasteiger partial charge on any atom is 0.271 e. The molecule has 0 radical (unpaired) electrons. The fourth-order valence-corrected chi connectivity index (χ4v) is 2.81. The van der Waals surface area contributed by atoms with Gasteiger partial charge in [0, 0.05) is 16.8 Å². The Balaban J connectivity index is 2.01. The molecule has 0 atom stereocenters. The summed E-state index contributed by atoms with van der Waals surface area (Å²) in [5.41, 5.74) is 1.41. The van der Waals surface area contributed by atoms with E-state index >= 15 is 0 Å². The van der Waals surface area contributed by atoms with Gasteiger partial charge >= 0.3 is 0 Å². The summed E-state index contributed by atoms with van der Waals surface area (Å²) < 4.78 is 4.01. The van der Waals surface area contributed by atoms with Crippen molar-refractivity contribution in [2.24, 2.45) is 0 Å². The second kappa shape index (κ2) is 6.63. The lowest BCUT2D eigenvalue weighted by Gasteiger charge is -2.01. The van der Waals surface area contributed by atoms with E-state index in [4.69, 9.17) is 0 Å². The molecule has 102 valence electrons. The first-order valence-corrected chi connectivity index (χ1v) is 7.78. The number of amides is 1. The molecule has 0 saturated heterocycles. The zero-order chi connectivity index (χ0) is 13.7.